The topological polar surface area (TPSA) is 15.3 Å². The van der Waals surface area contributed by atoms with Crippen LogP contribution < -0.4 is 5.32 Å². The first-order valence-electron chi connectivity index (χ1n) is 7.54. The maximum Gasteiger partial charge on any atom is 0.0332 e. The maximum atomic E-state index is 3.82. The fraction of sp³-hybridized carbons (Fsp3) is 0.750. The van der Waals surface area contributed by atoms with E-state index in [0.29, 0.717) is 12.1 Å². The number of likely N-dealkylation sites (N-methyl/N-ethyl adjacent to an activating group) is 1. The molecule has 0 amide bonds. The molecule has 108 valence electrons. The van der Waals surface area contributed by atoms with E-state index in [9.17, 15) is 0 Å². The van der Waals surface area contributed by atoms with E-state index >= 15 is 0 Å². The van der Waals surface area contributed by atoms with Gasteiger partial charge in [0.15, 0.2) is 0 Å². The molecule has 3 heteroatoms. The summed E-state index contributed by atoms with van der Waals surface area (Å²) >= 11 is 1.93. The van der Waals surface area contributed by atoms with Gasteiger partial charge in [0.05, 0.1) is 0 Å². The number of thiophene rings is 1. The molecule has 1 heterocycles. The van der Waals surface area contributed by atoms with E-state index in [2.05, 4.69) is 49.6 Å². The van der Waals surface area contributed by atoms with E-state index in [-0.39, 0.29) is 0 Å². The molecule has 1 aromatic rings. The molecule has 1 N–H and O–H groups in total. The van der Waals surface area contributed by atoms with Gasteiger partial charge in [0.2, 0.25) is 0 Å². The fourth-order valence-corrected chi connectivity index (χ4v) is 3.99. The van der Waals surface area contributed by atoms with E-state index in [1.165, 1.54) is 25.7 Å². The summed E-state index contributed by atoms with van der Waals surface area (Å²) in [5.41, 5.74) is 1.57. The Morgan fingerprint density at radius 2 is 2.21 bits per heavy atom. The SMILES string of the molecule is CC(C)CC(CNC1CCCc2sccc21)N(C)C. The van der Waals surface area contributed by atoms with E-state index in [1.54, 1.807) is 10.4 Å². The Bertz CT molecular complexity index is 384. The molecule has 19 heavy (non-hydrogen) atoms. The first kappa shape index (κ1) is 15.0. The Balaban J connectivity index is 1.91. The predicted molar refractivity (Wildman–Crippen MR) is 84.9 cm³/mol. The molecule has 2 atom stereocenters. The van der Waals surface area contributed by atoms with E-state index in [4.69, 9.17) is 0 Å². The number of hydrogen-bond donors (Lipinski definition) is 1. The van der Waals surface area contributed by atoms with Crippen LogP contribution in [0, 0.1) is 5.92 Å². The van der Waals surface area contributed by atoms with Gasteiger partial charge in [-0.3, -0.25) is 0 Å². The van der Waals surface area contributed by atoms with Crippen molar-refractivity contribution in [3.63, 3.8) is 0 Å². The second kappa shape index (κ2) is 6.87. The highest BCUT2D eigenvalue weighted by Crippen LogP contribution is 2.33. The van der Waals surface area contributed by atoms with Crippen molar-refractivity contribution >= 4 is 11.3 Å². The van der Waals surface area contributed by atoms with Gasteiger partial charge in [0, 0.05) is 23.5 Å². The molecule has 1 aliphatic carbocycles. The lowest BCUT2D eigenvalue weighted by atomic mass is 9.93. The highest BCUT2D eigenvalue weighted by atomic mass is 32.1. The van der Waals surface area contributed by atoms with Crippen molar-refractivity contribution in [2.45, 2.75) is 51.6 Å². The van der Waals surface area contributed by atoms with Gasteiger partial charge < -0.3 is 10.2 Å². The minimum Gasteiger partial charge on any atom is -0.308 e. The number of nitrogens with zero attached hydrogens (tertiary/aromatic N) is 1. The average molecular weight is 280 g/mol. The minimum absolute atomic E-state index is 0.588. The third-order valence-corrected chi connectivity index (χ3v) is 5.12. The number of fused-ring (bicyclic) bond motifs is 1. The standard InChI is InChI=1S/C16H28N2S/c1-12(2)10-13(18(3)4)11-17-15-6-5-7-16-14(15)8-9-19-16/h8-9,12-13,15,17H,5-7,10-11H2,1-4H3. The lowest BCUT2D eigenvalue weighted by Gasteiger charge is -2.30. The Kier molecular flexibility index (Phi) is 5.43. The van der Waals surface area contributed by atoms with Gasteiger partial charge in [-0.1, -0.05) is 13.8 Å². The van der Waals surface area contributed by atoms with Gasteiger partial charge in [0.1, 0.15) is 0 Å². The summed E-state index contributed by atoms with van der Waals surface area (Å²) in [6.45, 7) is 5.73. The lowest BCUT2D eigenvalue weighted by molar-refractivity contribution is 0.237. The molecule has 1 aromatic heterocycles. The van der Waals surface area contributed by atoms with Crippen molar-refractivity contribution in [2.24, 2.45) is 5.92 Å². The number of nitrogens with one attached hydrogen (secondary N) is 1. The summed E-state index contributed by atoms with van der Waals surface area (Å²) in [4.78, 5) is 3.97. The molecule has 0 saturated heterocycles. The maximum absolute atomic E-state index is 3.82. The first-order chi connectivity index (χ1) is 9.08. The van der Waals surface area contributed by atoms with Crippen LogP contribution in [0.15, 0.2) is 11.4 Å². The van der Waals surface area contributed by atoms with Crippen LogP contribution in [-0.4, -0.2) is 31.6 Å². The molecule has 0 aliphatic heterocycles. The molecule has 0 fully saturated rings. The van der Waals surface area contributed by atoms with Crippen LogP contribution in [0.4, 0.5) is 0 Å². The molecule has 2 rings (SSSR count). The smallest absolute Gasteiger partial charge is 0.0332 e. The highest BCUT2D eigenvalue weighted by molar-refractivity contribution is 7.10. The molecule has 0 bridgehead atoms. The van der Waals surface area contributed by atoms with Gasteiger partial charge in [0.25, 0.3) is 0 Å². The van der Waals surface area contributed by atoms with Gasteiger partial charge in [-0.25, -0.2) is 0 Å². The van der Waals surface area contributed by atoms with Crippen LogP contribution in [0.2, 0.25) is 0 Å². The number of rotatable bonds is 6. The Hall–Kier alpha value is -0.380. The summed E-state index contributed by atoms with van der Waals surface area (Å²) < 4.78 is 0. The summed E-state index contributed by atoms with van der Waals surface area (Å²) in [7, 11) is 4.40. The zero-order valence-corrected chi connectivity index (χ0v) is 13.6. The van der Waals surface area contributed by atoms with Gasteiger partial charge >= 0.3 is 0 Å². The lowest BCUT2D eigenvalue weighted by Crippen LogP contribution is -2.40. The summed E-state index contributed by atoms with van der Waals surface area (Å²) in [5, 5.41) is 6.07. The van der Waals surface area contributed by atoms with E-state index in [0.717, 1.165) is 12.5 Å². The van der Waals surface area contributed by atoms with Crippen molar-refractivity contribution in [3.05, 3.63) is 21.9 Å². The molecule has 1 aliphatic rings. The predicted octanol–water partition coefficient (Wildman–Crippen LogP) is 3.69. The Morgan fingerprint density at radius 3 is 2.89 bits per heavy atom. The molecular formula is C16H28N2S. The van der Waals surface area contributed by atoms with Crippen LogP contribution in [0.5, 0.6) is 0 Å². The van der Waals surface area contributed by atoms with Crippen molar-refractivity contribution < 1.29 is 0 Å². The molecule has 2 nitrogen and oxygen atoms in total. The van der Waals surface area contributed by atoms with Crippen LogP contribution in [0.1, 0.15) is 49.6 Å². The van der Waals surface area contributed by atoms with Crippen molar-refractivity contribution in [1.29, 1.82) is 0 Å². The first-order valence-corrected chi connectivity index (χ1v) is 8.42. The fourth-order valence-electron chi connectivity index (χ4n) is 3.00. The molecular weight excluding hydrogens is 252 g/mol. The van der Waals surface area contributed by atoms with Crippen molar-refractivity contribution in [3.8, 4) is 0 Å². The number of aryl methyl sites for hydroxylation is 1. The van der Waals surface area contributed by atoms with Crippen LogP contribution in [0.3, 0.4) is 0 Å². The quantitative estimate of drug-likeness (QED) is 0.855. The second-order valence-corrected chi connectivity index (χ2v) is 7.40. The van der Waals surface area contributed by atoms with Crippen LogP contribution in [-0.2, 0) is 6.42 Å². The van der Waals surface area contributed by atoms with Crippen LogP contribution in [0.25, 0.3) is 0 Å². The van der Waals surface area contributed by atoms with E-state index in [1.807, 2.05) is 11.3 Å². The van der Waals surface area contributed by atoms with Gasteiger partial charge in [-0.15, -0.1) is 11.3 Å². The molecule has 0 radical (unpaired) electrons. The van der Waals surface area contributed by atoms with Gasteiger partial charge in [-0.2, -0.15) is 0 Å². The minimum atomic E-state index is 0.588. The normalized spacial score (nSPS) is 20.8. The second-order valence-electron chi connectivity index (χ2n) is 6.40. The van der Waals surface area contributed by atoms with Gasteiger partial charge in [-0.05, 0) is 62.7 Å². The average Bonchev–Trinajstić information content (AvgIpc) is 2.82. The van der Waals surface area contributed by atoms with Crippen molar-refractivity contribution in [2.75, 3.05) is 20.6 Å². The Labute approximate surface area is 122 Å². The Morgan fingerprint density at radius 1 is 1.42 bits per heavy atom. The highest BCUT2D eigenvalue weighted by Gasteiger charge is 2.22. The van der Waals surface area contributed by atoms with Crippen molar-refractivity contribution in [1.82, 2.24) is 10.2 Å². The molecule has 0 saturated carbocycles. The monoisotopic (exact) mass is 280 g/mol. The number of hydrogen-bond acceptors (Lipinski definition) is 3. The summed E-state index contributed by atoms with van der Waals surface area (Å²) in [5.74, 6) is 0.761. The molecule has 0 spiro atoms. The zero-order valence-electron chi connectivity index (χ0n) is 12.8. The van der Waals surface area contributed by atoms with Crippen LogP contribution >= 0.6 is 11.3 Å². The zero-order chi connectivity index (χ0) is 13.8. The molecule has 0 aromatic carbocycles. The third kappa shape index (κ3) is 4.04. The third-order valence-electron chi connectivity index (χ3n) is 4.13. The largest absolute Gasteiger partial charge is 0.308 e. The van der Waals surface area contributed by atoms with E-state index < -0.39 is 0 Å². The summed E-state index contributed by atoms with van der Waals surface area (Å²) in [6, 6.07) is 3.55. The summed E-state index contributed by atoms with van der Waals surface area (Å²) in [6.07, 6.45) is 5.19. The molecule has 2 unspecified atom stereocenters.